The first-order valence-corrected chi connectivity index (χ1v) is 5.26. The van der Waals surface area contributed by atoms with E-state index < -0.39 is 12.2 Å². The predicted molar refractivity (Wildman–Crippen MR) is 56.9 cm³/mol. The van der Waals surface area contributed by atoms with Gasteiger partial charge in [0.2, 0.25) is 0 Å². The monoisotopic (exact) mass is 222 g/mol. The SMILES string of the molecule is O=C(O)N1CCC(O)CC1c1ccncc1. The van der Waals surface area contributed by atoms with Crippen LogP contribution in [0, 0.1) is 0 Å². The largest absolute Gasteiger partial charge is 0.465 e. The van der Waals surface area contributed by atoms with Crippen LogP contribution in [0.5, 0.6) is 0 Å². The van der Waals surface area contributed by atoms with Gasteiger partial charge >= 0.3 is 6.09 Å². The standard InChI is InChI=1S/C11H14N2O3/c14-9-3-6-13(11(15)16)10(7-9)8-1-4-12-5-2-8/h1-2,4-5,9-10,14H,3,6-7H2,(H,15,16). The number of amides is 1. The molecule has 0 saturated carbocycles. The number of hydrogen-bond acceptors (Lipinski definition) is 3. The molecule has 0 spiro atoms. The number of aliphatic hydroxyl groups is 1. The van der Waals surface area contributed by atoms with Crippen LogP contribution < -0.4 is 0 Å². The number of piperidine rings is 1. The van der Waals surface area contributed by atoms with Gasteiger partial charge in [-0.25, -0.2) is 4.79 Å². The van der Waals surface area contributed by atoms with E-state index in [1.807, 2.05) is 0 Å². The maximum atomic E-state index is 11.1. The summed E-state index contributed by atoms with van der Waals surface area (Å²) in [5.41, 5.74) is 0.885. The first-order valence-electron chi connectivity index (χ1n) is 5.26. The third kappa shape index (κ3) is 2.14. The fraction of sp³-hybridized carbons (Fsp3) is 0.455. The molecule has 1 aromatic rings. The third-order valence-corrected chi connectivity index (χ3v) is 2.91. The lowest BCUT2D eigenvalue weighted by molar-refractivity contribution is 0.0424. The molecule has 5 nitrogen and oxygen atoms in total. The van der Waals surface area contributed by atoms with Gasteiger partial charge in [0.25, 0.3) is 0 Å². The highest BCUT2D eigenvalue weighted by Gasteiger charge is 2.31. The van der Waals surface area contributed by atoms with E-state index in [0.29, 0.717) is 19.4 Å². The number of hydrogen-bond donors (Lipinski definition) is 2. The van der Waals surface area contributed by atoms with Gasteiger partial charge in [-0.05, 0) is 30.5 Å². The zero-order valence-corrected chi connectivity index (χ0v) is 8.78. The first-order chi connectivity index (χ1) is 7.68. The minimum Gasteiger partial charge on any atom is -0.465 e. The minimum atomic E-state index is -0.936. The van der Waals surface area contributed by atoms with Crippen molar-refractivity contribution in [1.29, 1.82) is 0 Å². The average molecular weight is 222 g/mol. The van der Waals surface area contributed by atoms with Gasteiger partial charge in [-0.15, -0.1) is 0 Å². The molecule has 86 valence electrons. The number of likely N-dealkylation sites (tertiary alicyclic amines) is 1. The van der Waals surface area contributed by atoms with Gasteiger partial charge in [-0.1, -0.05) is 0 Å². The van der Waals surface area contributed by atoms with E-state index in [1.165, 1.54) is 4.90 Å². The summed E-state index contributed by atoms with van der Waals surface area (Å²) in [6.45, 7) is 0.378. The van der Waals surface area contributed by atoms with E-state index in [2.05, 4.69) is 4.98 Å². The Kier molecular flexibility index (Phi) is 3.05. The summed E-state index contributed by atoms with van der Waals surface area (Å²) in [7, 11) is 0. The van der Waals surface area contributed by atoms with E-state index >= 15 is 0 Å². The summed E-state index contributed by atoms with van der Waals surface area (Å²) in [6, 6.07) is 3.32. The molecule has 2 N–H and O–H groups in total. The van der Waals surface area contributed by atoms with Crippen molar-refractivity contribution in [2.75, 3.05) is 6.54 Å². The smallest absolute Gasteiger partial charge is 0.407 e. The van der Waals surface area contributed by atoms with Crippen LogP contribution in [-0.4, -0.2) is 38.8 Å². The Bertz CT molecular complexity index is 369. The van der Waals surface area contributed by atoms with Crippen molar-refractivity contribution in [3.05, 3.63) is 30.1 Å². The molecule has 1 aliphatic heterocycles. The zero-order valence-electron chi connectivity index (χ0n) is 8.78. The molecular weight excluding hydrogens is 208 g/mol. The van der Waals surface area contributed by atoms with Crippen LogP contribution in [0.25, 0.3) is 0 Å². The van der Waals surface area contributed by atoms with E-state index in [1.54, 1.807) is 24.5 Å². The Hall–Kier alpha value is -1.62. The van der Waals surface area contributed by atoms with Crippen LogP contribution in [-0.2, 0) is 0 Å². The summed E-state index contributed by atoms with van der Waals surface area (Å²) >= 11 is 0. The van der Waals surface area contributed by atoms with Gasteiger partial charge in [-0.2, -0.15) is 0 Å². The van der Waals surface area contributed by atoms with Crippen molar-refractivity contribution < 1.29 is 15.0 Å². The van der Waals surface area contributed by atoms with Crippen LogP contribution in [0.3, 0.4) is 0 Å². The van der Waals surface area contributed by atoms with E-state index in [4.69, 9.17) is 5.11 Å². The van der Waals surface area contributed by atoms with Crippen molar-refractivity contribution in [3.8, 4) is 0 Å². The predicted octanol–water partition coefficient (Wildman–Crippen LogP) is 1.26. The van der Waals surface area contributed by atoms with Crippen LogP contribution in [0.15, 0.2) is 24.5 Å². The van der Waals surface area contributed by atoms with E-state index in [-0.39, 0.29) is 6.04 Å². The maximum absolute atomic E-state index is 11.1. The van der Waals surface area contributed by atoms with E-state index in [9.17, 15) is 9.90 Å². The molecule has 0 aliphatic carbocycles. The molecule has 16 heavy (non-hydrogen) atoms. The second kappa shape index (κ2) is 4.49. The molecule has 2 unspecified atom stereocenters. The van der Waals surface area contributed by atoms with E-state index in [0.717, 1.165) is 5.56 Å². The average Bonchev–Trinajstić information content (AvgIpc) is 2.29. The summed E-state index contributed by atoms with van der Waals surface area (Å²) in [6.07, 6.45) is 2.87. The maximum Gasteiger partial charge on any atom is 0.407 e. The molecule has 1 amide bonds. The van der Waals surface area contributed by atoms with Crippen LogP contribution in [0.2, 0.25) is 0 Å². The molecule has 2 atom stereocenters. The molecule has 1 saturated heterocycles. The first kappa shape index (κ1) is 10.9. The lowest BCUT2D eigenvalue weighted by Gasteiger charge is -2.36. The lowest BCUT2D eigenvalue weighted by Crippen LogP contribution is -2.41. The van der Waals surface area contributed by atoms with Crippen LogP contribution in [0.4, 0.5) is 4.79 Å². The van der Waals surface area contributed by atoms with Gasteiger partial charge in [0.15, 0.2) is 0 Å². The highest BCUT2D eigenvalue weighted by atomic mass is 16.4. The molecular formula is C11H14N2O3. The topological polar surface area (TPSA) is 73.7 Å². The lowest BCUT2D eigenvalue weighted by atomic mass is 9.94. The molecule has 2 rings (SSSR count). The summed E-state index contributed by atoms with van der Waals surface area (Å²) in [5.74, 6) is 0. The number of aromatic nitrogens is 1. The summed E-state index contributed by atoms with van der Waals surface area (Å²) in [4.78, 5) is 16.4. The highest BCUT2D eigenvalue weighted by Crippen LogP contribution is 2.30. The van der Waals surface area contributed by atoms with Gasteiger partial charge < -0.3 is 15.1 Å². The highest BCUT2D eigenvalue weighted by molar-refractivity contribution is 5.66. The molecule has 0 radical (unpaired) electrons. The quantitative estimate of drug-likeness (QED) is 0.750. The Balaban J connectivity index is 2.24. The molecule has 0 bridgehead atoms. The van der Waals surface area contributed by atoms with Gasteiger partial charge in [0.1, 0.15) is 0 Å². The van der Waals surface area contributed by atoms with Crippen molar-refractivity contribution >= 4 is 6.09 Å². The summed E-state index contributed by atoms with van der Waals surface area (Å²) < 4.78 is 0. The van der Waals surface area contributed by atoms with Crippen molar-refractivity contribution in [2.24, 2.45) is 0 Å². The van der Waals surface area contributed by atoms with Gasteiger partial charge in [0, 0.05) is 18.9 Å². The van der Waals surface area contributed by atoms with Gasteiger partial charge in [0.05, 0.1) is 12.1 Å². The zero-order chi connectivity index (χ0) is 11.5. The Morgan fingerprint density at radius 1 is 1.44 bits per heavy atom. The minimum absolute atomic E-state index is 0.260. The van der Waals surface area contributed by atoms with Crippen molar-refractivity contribution in [1.82, 2.24) is 9.88 Å². The Morgan fingerprint density at radius 3 is 2.75 bits per heavy atom. The molecule has 1 aliphatic rings. The number of carboxylic acid groups (broad SMARTS) is 1. The van der Waals surface area contributed by atoms with Crippen molar-refractivity contribution in [3.63, 3.8) is 0 Å². The number of nitrogens with zero attached hydrogens (tertiary/aromatic N) is 2. The van der Waals surface area contributed by atoms with Crippen LogP contribution in [0.1, 0.15) is 24.4 Å². The molecule has 1 fully saturated rings. The summed E-state index contributed by atoms with van der Waals surface area (Å²) in [5, 5.41) is 18.7. The Labute approximate surface area is 93.3 Å². The molecule has 0 aromatic carbocycles. The van der Waals surface area contributed by atoms with Gasteiger partial charge in [-0.3, -0.25) is 4.98 Å². The fourth-order valence-electron chi connectivity index (χ4n) is 2.08. The number of aliphatic hydroxyl groups excluding tert-OH is 1. The molecule has 5 heteroatoms. The normalized spacial score (nSPS) is 25.4. The second-order valence-electron chi connectivity index (χ2n) is 3.95. The Morgan fingerprint density at radius 2 is 2.12 bits per heavy atom. The number of rotatable bonds is 1. The third-order valence-electron chi connectivity index (χ3n) is 2.91. The molecule has 2 heterocycles. The number of carbonyl (C=O) groups is 1. The fourth-order valence-corrected chi connectivity index (χ4v) is 2.08. The number of pyridine rings is 1. The molecule has 1 aromatic heterocycles. The second-order valence-corrected chi connectivity index (χ2v) is 3.95. The van der Waals surface area contributed by atoms with Crippen LogP contribution >= 0.6 is 0 Å². The van der Waals surface area contributed by atoms with Crippen molar-refractivity contribution in [2.45, 2.75) is 25.0 Å².